The van der Waals surface area contributed by atoms with Crippen molar-refractivity contribution in [1.82, 2.24) is 20.1 Å². The van der Waals surface area contributed by atoms with Crippen molar-refractivity contribution in [2.75, 3.05) is 39.0 Å². The molecule has 7 heteroatoms. The number of likely N-dealkylation sites (N-methyl/N-ethyl adjacent to an activating group) is 1. The highest BCUT2D eigenvalue weighted by molar-refractivity contribution is 5.92. The summed E-state index contributed by atoms with van der Waals surface area (Å²) in [6, 6.07) is 7.72. The molecule has 3 amide bonds. The van der Waals surface area contributed by atoms with Crippen LogP contribution in [0.1, 0.15) is 19.3 Å². The van der Waals surface area contributed by atoms with E-state index >= 15 is 0 Å². The van der Waals surface area contributed by atoms with Crippen molar-refractivity contribution >= 4 is 28.5 Å². The molecule has 26 heavy (non-hydrogen) atoms. The van der Waals surface area contributed by atoms with Gasteiger partial charge >= 0.3 is 6.03 Å². The van der Waals surface area contributed by atoms with Gasteiger partial charge in [0.05, 0.1) is 0 Å². The third-order valence-corrected chi connectivity index (χ3v) is 4.81. The molecule has 1 aliphatic heterocycles. The van der Waals surface area contributed by atoms with Crippen LogP contribution in [0.5, 0.6) is 0 Å². The third-order valence-electron chi connectivity index (χ3n) is 4.81. The van der Waals surface area contributed by atoms with Crippen molar-refractivity contribution in [3.63, 3.8) is 0 Å². The highest BCUT2D eigenvalue weighted by Crippen LogP contribution is 2.21. The molecule has 3 rings (SSSR count). The van der Waals surface area contributed by atoms with Crippen molar-refractivity contribution in [1.29, 1.82) is 0 Å². The Bertz CT molecular complexity index is 770. The lowest BCUT2D eigenvalue weighted by Crippen LogP contribution is -2.40. The maximum Gasteiger partial charge on any atom is 0.319 e. The Hall–Kier alpha value is -2.54. The number of urea groups is 1. The first-order valence-electron chi connectivity index (χ1n) is 9.09. The zero-order valence-electron chi connectivity index (χ0n) is 15.4. The molecule has 1 aromatic carbocycles. The average molecular weight is 357 g/mol. The maximum atomic E-state index is 12.1. The smallest absolute Gasteiger partial charge is 0.319 e. The van der Waals surface area contributed by atoms with Gasteiger partial charge in [0.1, 0.15) is 0 Å². The summed E-state index contributed by atoms with van der Waals surface area (Å²) >= 11 is 0. The number of fused-ring (bicyclic) bond motifs is 1. The Balaban J connectivity index is 1.44. The van der Waals surface area contributed by atoms with Gasteiger partial charge in [-0.1, -0.05) is 0 Å². The first-order valence-corrected chi connectivity index (χ1v) is 9.09. The first kappa shape index (κ1) is 18.3. The molecule has 1 fully saturated rings. The van der Waals surface area contributed by atoms with Crippen LogP contribution in [0, 0.1) is 0 Å². The van der Waals surface area contributed by atoms with Crippen LogP contribution in [0.3, 0.4) is 0 Å². The number of aromatic nitrogens is 1. The average Bonchev–Trinajstić information content (AvgIpc) is 3.19. The number of H-pyrrole nitrogens is 1. The molecule has 140 valence electrons. The number of amides is 3. The predicted octanol–water partition coefficient (Wildman–Crippen LogP) is 2.23. The largest absolute Gasteiger partial charge is 0.361 e. The van der Waals surface area contributed by atoms with Gasteiger partial charge < -0.3 is 25.4 Å². The third kappa shape index (κ3) is 4.54. The molecule has 1 aromatic heterocycles. The number of carbonyl (C=O) groups excluding carboxylic acids is 2. The molecule has 1 atom stereocenters. The van der Waals surface area contributed by atoms with Crippen LogP contribution >= 0.6 is 0 Å². The summed E-state index contributed by atoms with van der Waals surface area (Å²) in [6.07, 6.45) is 4.14. The zero-order valence-corrected chi connectivity index (χ0v) is 15.4. The minimum atomic E-state index is -0.218. The number of aromatic amines is 1. The minimum Gasteiger partial charge on any atom is -0.361 e. The molecule has 0 radical (unpaired) electrons. The number of carbonyl (C=O) groups is 2. The first-order chi connectivity index (χ1) is 12.5. The van der Waals surface area contributed by atoms with E-state index in [9.17, 15) is 9.59 Å². The molecule has 3 N–H and O–H groups in total. The number of benzene rings is 1. The van der Waals surface area contributed by atoms with Gasteiger partial charge in [-0.25, -0.2) is 4.79 Å². The highest BCUT2D eigenvalue weighted by atomic mass is 16.2. The van der Waals surface area contributed by atoms with E-state index in [2.05, 4.69) is 20.5 Å². The van der Waals surface area contributed by atoms with E-state index in [0.717, 1.165) is 42.5 Å². The van der Waals surface area contributed by atoms with Crippen molar-refractivity contribution < 1.29 is 9.59 Å². The second-order valence-electron chi connectivity index (χ2n) is 7.03. The van der Waals surface area contributed by atoms with Crippen LogP contribution in [0.15, 0.2) is 30.5 Å². The van der Waals surface area contributed by atoms with E-state index in [1.54, 1.807) is 0 Å². The molecule has 7 nitrogen and oxygen atoms in total. The Morgan fingerprint density at radius 3 is 3.00 bits per heavy atom. The standard InChI is InChI=1S/C19H27N5O2/c1-23(2)11-12-24-16(4-6-18(24)25)8-10-21-19(26)22-15-3-5-17-14(13-15)7-9-20-17/h3,5,7,9,13,16,20H,4,6,8,10-12H2,1-2H3,(H2,21,22,26)/t16-/m0/s1. The Morgan fingerprint density at radius 2 is 2.19 bits per heavy atom. The van der Waals surface area contributed by atoms with Gasteiger partial charge in [0.25, 0.3) is 0 Å². The fraction of sp³-hybridized carbons (Fsp3) is 0.474. The van der Waals surface area contributed by atoms with Gasteiger partial charge in [0.2, 0.25) is 5.91 Å². The molecule has 0 spiro atoms. The van der Waals surface area contributed by atoms with E-state index < -0.39 is 0 Å². The molecule has 0 unspecified atom stereocenters. The number of nitrogens with one attached hydrogen (secondary N) is 3. The van der Waals surface area contributed by atoms with Gasteiger partial charge in [-0.05, 0) is 51.2 Å². The molecule has 0 saturated carbocycles. The monoisotopic (exact) mass is 357 g/mol. The number of nitrogens with zero attached hydrogens (tertiary/aromatic N) is 2. The van der Waals surface area contributed by atoms with Crippen LogP contribution in [-0.2, 0) is 4.79 Å². The summed E-state index contributed by atoms with van der Waals surface area (Å²) in [5.74, 6) is 0.223. The van der Waals surface area contributed by atoms with E-state index in [4.69, 9.17) is 0 Å². The molecular formula is C19H27N5O2. The number of hydrogen-bond donors (Lipinski definition) is 3. The van der Waals surface area contributed by atoms with Gasteiger partial charge in [0, 0.05) is 54.9 Å². The van der Waals surface area contributed by atoms with Gasteiger partial charge in [0.15, 0.2) is 0 Å². The number of hydrogen-bond acceptors (Lipinski definition) is 3. The zero-order chi connectivity index (χ0) is 18.5. The minimum absolute atomic E-state index is 0.218. The summed E-state index contributed by atoms with van der Waals surface area (Å²) in [5.41, 5.74) is 1.80. The summed E-state index contributed by atoms with van der Waals surface area (Å²) in [6.45, 7) is 2.16. The lowest BCUT2D eigenvalue weighted by atomic mass is 10.1. The van der Waals surface area contributed by atoms with Gasteiger partial charge in [-0.2, -0.15) is 0 Å². The molecule has 1 aliphatic rings. The molecule has 0 aliphatic carbocycles. The topological polar surface area (TPSA) is 80.5 Å². The van der Waals surface area contributed by atoms with E-state index in [-0.39, 0.29) is 18.0 Å². The van der Waals surface area contributed by atoms with Crippen LogP contribution in [0.2, 0.25) is 0 Å². The Morgan fingerprint density at radius 1 is 1.35 bits per heavy atom. The fourth-order valence-corrected chi connectivity index (χ4v) is 3.37. The summed E-state index contributed by atoms with van der Waals surface area (Å²) < 4.78 is 0. The second-order valence-corrected chi connectivity index (χ2v) is 7.03. The fourth-order valence-electron chi connectivity index (χ4n) is 3.37. The van der Waals surface area contributed by atoms with E-state index in [1.165, 1.54) is 0 Å². The lowest BCUT2D eigenvalue weighted by Gasteiger charge is -2.26. The molecular weight excluding hydrogens is 330 g/mol. The molecule has 0 bridgehead atoms. The van der Waals surface area contributed by atoms with Gasteiger partial charge in [-0.3, -0.25) is 4.79 Å². The SMILES string of the molecule is CN(C)CCN1C(=O)CC[C@H]1CCNC(=O)Nc1ccc2[nH]ccc2c1. The van der Waals surface area contributed by atoms with Crippen LogP contribution in [-0.4, -0.2) is 66.5 Å². The maximum absolute atomic E-state index is 12.1. The number of anilines is 1. The van der Waals surface area contributed by atoms with E-state index in [0.29, 0.717) is 13.0 Å². The van der Waals surface area contributed by atoms with Crippen LogP contribution in [0.25, 0.3) is 10.9 Å². The van der Waals surface area contributed by atoms with E-state index in [1.807, 2.05) is 49.5 Å². The summed E-state index contributed by atoms with van der Waals surface area (Å²) in [4.78, 5) is 31.3. The Labute approximate surface area is 153 Å². The highest BCUT2D eigenvalue weighted by Gasteiger charge is 2.30. The molecule has 2 heterocycles. The van der Waals surface area contributed by atoms with Crippen molar-refractivity contribution in [3.8, 4) is 0 Å². The number of rotatable bonds is 7. The summed E-state index contributed by atoms with van der Waals surface area (Å²) in [7, 11) is 4.01. The van der Waals surface area contributed by atoms with Gasteiger partial charge in [-0.15, -0.1) is 0 Å². The van der Waals surface area contributed by atoms with Crippen molar-refractivity contribution in [2.45, 2.75) is 25.3 Å². The quantitative estimate of drug-likeness (QED) is 0.711. The summed E-state index contributed by atoms with van der Waals surface area (Å²) in [5, 5.41) is 6.81. The van der Waals surface area contributed by atoms with Crippen LogP contribution < -0.4 is 10.6 Å². The van der Waals surface area contributed by atoms with Crippen molar-refractivity contribution in [2.24, 2.45) is 0 Å². The normalized spacial score (nSPS) is 17.3. The predicted molar refractivity (Wildman–Crippen MR) is 103 cm³/mol. The lowest BCUT2D eigenvalue weighted by molar-refractivity contribution is -0.129. The second kappa shape index (κ2) is 8.23. The van der Waals surface area contributed by atoms with Crippen molar-refractivity contribution in [3.05, 3.63) is 30.5 Å². The Kier molecular flexibility index (Phi) is 5.78. The molecule has 1 saturated heterocycles. The number of likely N-dealkylation sites (tertiary alicyclic amines) is 1. The molecule has 2 aromatic rings. The van der Waals surface area contributed by atoms with Crippen LogP contribution in [0.4, 0.5) is 10.5 Å².